The van der Waals surface area contributed by atoms with Crippen molar-refractivity contribution in [3.05, 3.63) is 48.0 Å². The number of rotatable bonds is 1. The largest absolute Gasteiger partial charge is 0.384 e. The van der Waals surface area contributed by atoms with E-state index in [0.717, 1.165) is 11.1 Å². The van der Waals surface area contributed by atoms with Crippen molar-refractivity contribution in [2.75, 3.05) is 6.61 Å². The second-order valence-electron chi connectivity index (χ2n) is 2.80. The molecule has 0 unspecified atom stereocenters. The Kier molecular flexibility index (Phi) is 4.81. The summed E-state index contributed by atoms with van der Waals surface area (Å²) in [5.74, 6) is 11.5. The van der Waals surface area contributed by atoms with Crippen LogP contribution in [0.1, 0.15) is 17.5 Å². The summed E-state index contributed by atoms with van der Waals surface area (Å²) in [5.41, 5.74) is 1.74. The van der Waals surface area contributed by atoms with Gasteiger partial charge in [-0.1, -0.05) is 41.9 Å². The lowest BCUT2D eigenvalue weighted by atomic mass is 10.1. The molecule has 0 heterocycles. The van der Waals surface area contributed by atoms with Crippen molar-refractivity contribution in [1.29, 1.82) is 0 Å². The highest BCUT2D eigenvalue weighted by atomic mass is 16.2. The summed E-state index contributed by atoms with van der Waals surface area (Å²) >= 11 is 0. The van der Waals surface area contributed by atoms with E-state index in [1.807, 2.05) is 24.3 Å². The third kappa shape index (κ3) is 3.73. The minimum atomic E-state index is -0.131. The van der Waals surface area contributed by atoms with Crippen LogP contribution in [0.4, 0.5) is 0 Å². The van der Waals surface area contributed by atoms with Gasteiger partial charge in [-0.15, -0.1) is 6.58 Å². The predicted octanol–water partition coefficient (Wildman–Crippen LogP) is 1.96. The zero-order chi connectivity index (χ0) is 10.9. The van der Waals surface area contributed by atoms with E-state index >= 15 is 0 Å². The van der Waals surface area contributed by atoms with E-state index in [1.165, 1.54) is 0 Å². The van der Waals surface area contributed by atoms with Crippen LogP contribution in [0.5, 0.6) is 0 Å². The molecule has 0 aromatic heterocycles. The van der Waals surface area contributed by atoms with E-state index < -0.39 is 0 Å². The van der Waals surface area contributed by atoms with Gasteiger partial charge in [0.15, 0.2) is 0 Å². The lowest BCUT2D eigenvalue weighted by Crippen LogP contribution is -1.83. The molecule has 0 fully saturated rings. The number of hydrogen-bond donors (Lipinski definition) is 1. The second-order valence-corrected chi connectivity index (χ2v) is 2.80. The highest BCUT2D eigenvalue weighted by Gasteiger charge is 1.93. The number of allylic oxidation sites excluding steroid dienone is 1. The summed E-state index contributed by atoms with van der Waals surface area (Å²) < 4.78 is 0. The van der Waals surface area contributed by atoms with E-state index in [1.54, 1.807) is 6.08 Å². The van der Waals surface area contributed by atoms with Crippen LogP contribution in [0.25, 0.3) is 0 Å². The molecule has 0 spiro atoms. The molecule has 0 aliphatic rings. The summed E-state index contributed by atoms with van der Waals surface area (Å²) in [6.07, 6.45) is 2.43. The molecular formula is C14H12O. The maximum absolute atomic E-state index is 8.61. The van der Waals surface area contributed by atoms with Crippen LogP contribution in [-0.4, -0.2) is 11.7 Å². The maximum Gasteiger partial charge on any atom is 0.104 e. The van der Waals surface area contributed by atoms with Crippen LogP contribution >= 0.6 is 0 Å². The highest BCUT2D eigenvalue weighted by molar-refractivity contribution is 5.50. The van der Waals surface area contributed by atoms with Crippen molar-refractivity contribution in [3.8, 4) is 23.7 Å². The van der Waals surface area contributed by atoms with Gasteiger partial charge < -0.3 is 5.11 Å². The number of benzene rings is 1. The summed E-state index contributed by atoms with van der Waals surface area (Å²) in [5, 5.41) is 8.61. The molecule has 1 rings (SSSR count). The Labute approximate surface area is 90.5 Å². The molecule has 1 nitrogen and oxygen atoms in total. The van der Waals surface area contributed by atoms with Crippen LogP contribution in [0.3, 0.4) is 0 Å². The Bertz CT molecular complexity index is 449. The Hall–Kier alpha value is -1.96. The van der Waals surface area contributed by atoms with Crippen LogP contribution in [0, 0.1) is 23.7 Å². The average molecular weight is 196 g/mol. The smallest absolute Gasteiger partial charge is 0.104 e. The maximum atomic E-state index is 8.61. The molecule has 15 heavy (non-hydrogen) atoms. The van der Waals surface area contributed by atoms with E-state index in [-0.39, 0.29) is 6.61 Å². The van der Waals surface area contributed by atoms with E-state index in [0.29, 0.717) is 6.42 Å². The molecule has 0 saturated heterocycles. The van der Waals surface area contributed by atoms with Gasteiger partial charge in [-0.05, 0) is 12.1 Å². The molecule has 0 aliphatic carbocycles. The normalized spacial score (nSPS) is 8.07. The fraction of sp³-hybridized carbons (Fsp3) is 0.143. The van der Waals surface area contributed by atoms with Gasteiger partial charge in [-0.3, -0.25) is 0 Å². The third-order valence-electron chi connectivity index (χ3n) is 1.70. The molecule has 0 amide bonds. The molecule has 0 saturated carbocycles. The molecule has 0 radical (unpaired) electrons. The minimum Gasteiger partial charge on any atom is -0.384 e. The summed E-state index contributed by atoms with van der Waals surface area (Å²) in [6, 6.07) is 7.63. The first-order valence-corrected chi connectivity index (χ1v) is 4.67. The zero-order valence-electron chi connectivity index (χ0n) is 8.46. The molecule has 1 aromatic rings. The molecule has 74 valence electrons. The molecule has 0 atom stereocenters. The van der Waals surface area contributed by atoms with Gasteiger partial charge in [0.05, 0.1) is 0 Å². The standard InChI is InChI=1S/C14H12O/c1-2-3-4-8-13-9-5-6-10-14(13)11-7-12-15/h2,5-6,9-10,15H,1,3,12H2. The van der Waals surface area contributed by atoms with Crippen molar-refractivity contribution in [1.82, 2.24) is 0 Å². The van der Waals surface area contributed by atoms with Crippen molar-refractivity contribution in [2.45, 2.75) is 6.42 Å². The first kappa shape index (κ1) is 11.1. The molecule has 1 aromatic carbocycles. The SMILES string of the molecule is C=CCC#Cc1ccccc1C#CCO. The predicted molar refractivity (Wildman–Crippen MR) is 62.1 cm³/mol. The Morgan fingerprint density at radius 1 is 1.13 bits per heavy atom. The molecule has 0 bridgehead atoms. The van der Waals surface area contributed by atoms with Gasteiger partial charge in [0, 0.05) is 17.5 Å². The van der Waals surface area contributed by atoms with Crippen LogP contribution in [-0.2, 0) is 0 Å². The summed E-state index contributed by atoms with van der Waals surface area (Å²) in [6.45, 7) is 3.47. The van der Waals surface area contributed by atoms with Crippen molar-refractivity contribution in [2.24, 2.45) is 0 Å². The van der Waals surface area contributed by atoms with Crippen LogP contribution < -0.4 is 0 Å². The van der Waals surface area contributed by atoms with Crippen molar-refractivity contribution in [3.63, 3.8) is 0 Å². The van der Waals surface area contributed by atoms with E-state index in [9.17, 15) is 0 Å². The quantitative estimate of drug-likeness (QED) is 0.537. The lowest BCUT2D eigenvalue weighted by Gasteiger charge is -1.94. The lowest BCUT2D eigenvalue weighted by molar-refractivity contribution is 0.350. The molecule has 1 N–H and O–H groups in total. The monoisotopic (exact) mass is 196 g/mol. The summed E-state index contributed by atoms with van der Waals surface area (Å²) in [7, 11) is 0. The van der Waals surface area contributed by atoms with Crippen LogP contribution in [0.15, 0.2) is 36.9 Å². The van der Waals surface area contributed by atoms with E-state index in [4.69, 9.17) is 5.11 Å². The van der Waals surface area contributed by atoms with Gasteiger partial charge in [0.2, 0.25) is 0 Å². The van der Waals surface area contributed by atoms with Crippen LogP contribution in [0.2, 0.25) is 0 Å². The highest BCUT2D eigenvalue weighted by Crippen LogP contribution is 2.05. The third-order valence-corrected chi connectivity index (χ3v) is 1.70. The first-order valence-electron chi connectivity index (χ1n) is 4.67. The Balaban J connectivity index is 2.97. The van der Waals surface area contributed by atoms with Gasteiger partial charge >= 0.3 is 0 Å². The fourth-order valence-corrected chi connectivity index (χ4v) is 1.05. The molecular weight excluding hydrogens is 184 g/mol. The number of aliphatic hydroxyl groups is 1. The average Bonchev–Trinajstić information content (AvgIpc) is 2.28. The van der Waals surface area contributed by atoms with Crippen molar-refractivity contribution >= 4 is 0 Å². The number of hydrogen-bond acceptors (Lipinski definition) is 1. The summed E-state index contributed by atoms with van der Waals surface area (Å²) in [4.78, 5) is 0. The molecule has 0 aliphatic heterocycles. The minimum absolute atomic E-state index is 0.131. The number of aliphatic hydroxyl groups excluding tert-OH is 1. The van der Waals surface area contributed by atoms with Gasteiger partial charge in [-0.25, -0.2) is 0 Å². The first-order chi connectivity index (χ1) is 7.38. The fourth-order valence-electron chi connectivity index (χ4n) is 1.05. The Morgan fingerprint density at radius 2 is 1.73 bits per heavy atom. The second kappa shape index (κ2) is 6.49. The Morgan fingerprint density at radius 3 is 2.27 bits per heavy atom. The molecule has 1 heteroatoms. The van der Waals surface area contributed by atoms with Gasteiger partial charge in [0.25, 0.3) is 0 Å². The van der Waals surface area contributed by atoms with E-state index in [2.05, 4.69) is 30.3 Å². The van der Waals surface area contributed by atoms with Gasteiger partial charge in [-0.2, -0.15) is 0 Å². The van der Waals surface area contributed by atoms with Gasteiger partial charge in [0.1, 0.15) is 6.61 Å². The zero-order valence-corrected chi connectivity index (χ0v) is 8.46. The topological polar surface area (TPSA) is 20.2 Å². The van der Waals surface area contributed by atoms with Crippen molar-refractivity contribution < 1.29 is 5.11 Å².